The van der Waals surface area contributed by atoms with Gasteiger partial charge in [0.05, 0.1) is 16.2 Å². The lowest BCUT2D eigenvalue weighted by Crippen LogP contribution is -2.21. The van der Waals surface area contributed by atoms with E-state index < -0.39 is 16.7 Å². The average molecular weight is 414 g/mol. The van der Waals surface area contributed by atoms with Gasteiger partial charge in [0.25, 0.3) is 17.5 Å². The highest BCUT2D eigenvalue weighted by Gasteiger charge is 2.14. The maximum atomic E-state index is 12.5. The van der Waals surface area contributed by atoms with E-state index in [1.165, 1.54) is 30.5 Å². The van der Waals surface area contributed by atoms with Gasteiger partial charge in [-0.25, -0.2) is 5.43 Å². The molecule has 0 saturated heterocycles. The zero-order valence-corrected chi connectivity index (χ0v) is 16.3. The molecule has 2 N–H and O–H groups in total. The molecule has 0 aliphatic rings. The first-order chi connectivity index (χ1) is 15.0. The quantitative estimate of drug-likeness (QED) is 0.341. The fourth-order valence-corrected chi connectivity index (χ4v) is 2.64. The van der Waals surface area contributed by atoms with E-state index in [-0.39, 0.29) is 16.8 Å². The van der Waals surface area contributed by atoms with Crippen LogP contribution in [0.4, 0.5) is 11.4 Å². The normalized spacial score (nSPS) is 10.8. The minimum Gasteiger partial charge on any atom is -0.321 e. The molecule has 3 aromatic rings. The van der Waals surface area contributed by atoms with Gasteiger partial charge < -0.3 is 5.32 Å². The number of nitrogens with zero attached hydrogens (tertiary/aromatic N) is 2. The number of rotatable bonds is 7. The summed E-state index contributed by atoms with van der Waals surface area (Å²) in [6.45, 7) is 0. The summed E-state index contributed by atoms with van der Waals surface area (Å²) in [6, 6.07) is 21.3. The number of carbonyl (C=O) groups is 2. The third-order valence-electron chi connectivity index (χ3n) is 4.18. The minimum atomic E-state index is -0.545. The van der Waals surface area contributed by atoms with Crippen LogP contribution in [-0.4, -0.2) is 23.0 Å². The van der Waals surface area contributed by atoms with Crippen molar-refractivity contribution in [1.82, 2.24) is 5.43 Å². The standard InChI is InChI=1S/C23H18N4O4/c28-22(18-12-14-19(15-13-18)27(30)31)25-21-11-5-4-10-20(21)23(29)26-24-16-6-9-17-7-2-1-3-8-17/h1-16H,(H,25,28)(H,26,29)/b9-6+,24-16-. The van der Waals surface area contributed by atoms with E-state index in [2.05, 4.69) is 15.8 Å². The number of amides is 2. The van der Waals surface area contributed by atoms with Gasteiger partial charge in [-0.3, -0.25) is 19.7 Å². The highest BCUT2D eigenvalue weighted by molar-refractivity contribution is 6.09. The lowest BCUT2D eigenvalue weighted by molar-refractivity contribution is -0.384. The maximum Gasteiger partial charge on any atom is 0.273 e. The van der Waals surface area contributed by atoms with Crippen LogP contribution in [0.2, 0.25) is 0 Å². The Balaban J connectivity index is 1.64. The van der Waals surface area contributed by atoms with E-state index in [1.807, 2.05) is 36.4 Å². The molecule has 154 valence electrons. The number of hydrogen-bond donors (Lipinski definition) is 2. The van der Waals surface area contributed by atoms with Crippen LogP contribution < -0.4 is 10.7 Å². The number of para-hydroxylation sites is 1. The van der Waals surface area contributed by atoms with E-state index in [1.54, 1.807) is 30.3 Å². The summed E-state index contributed by atoms with van der Waals surface area (Å²) in [5, 5.41) is 17.3. The number of carbonyl (C=O) groups excluding carboxylic acids is 2. The molecule has 0 atom stereocenters. The second kappa shape index (κ2) is 10.3. The van der Waals surface area contributed by atoms with Crippen molar-refractivity contribution in [3.05, 3.63) is 112 Å². The van der Waals surface area contributed by atoms with E-state index in [4.69, 9.17) is 0 Å². The van der Waals surface area contributed by atoms with Crippen molar-refractivity contribution in [1.29, 1.82) is 0 Å². The predicted octanol–water partition coefficient (Wildman–Crippen LogP) is 4.28. The second-order valence-electron chi connectivity index (χ2n) is 6.29. The van der Waals surface area contributed by atoms with Gasteiger partial charge in [0.1, 0.15) is 0 Å². The zero-order chi connectivity index (χ0) is 22.1. The Hall–Kier alpha value is -4.59. The first kappa shape index (κ1) is 21.1. The number of nitro benzene ring substituents is 1. The molecule has 3 rings (SSSR count). The smallest absolute Gasteiger partial charge is 0.273 e. The summed E-state index contributed by atoms with van der Waals surface area (Å²) >= 11 is 0. The van der Waals surface area contributed by atoms with Crippen LogP contribution in [0.1, 0.15) is 26.3 Å². The van der Waals surface area contributed by atoms with Crippen molar-refractivity contribution in [2.75, 3.05) is 5.32 Å². The summed E-state index contributed by atoms with van der Waals surface area (Å²) in [5.74, 6) is -0.992. The number of anilines is 1. The number of nitro groups is 1. The first-order valence-corrected chi connectivity index (χ1v) is 9.24. The third-order valence-corrected chi connectivity index (χ3v) is 4.18. The Kier molecular flexibility index (Phi) is 6.99. The predicted molar refractivity (Wildman–Crippen MR) is 119 cm³/mol. The molecule has 3 aromatic carbocycles. The SMILES string of the molecule is O=C(Nc1ccccc1C(=O)N/N=C\C=C\c1ccccc1)c1ccc([N+](=O)[O-])cc1. The molecule has 0 saturated carbocycles. The number of hydrazone groups is 1. The molecule has 0 aromatic heterocycles. The Morgan fingerprint density at radius 3 is 2.26 bits per heavy atom. The molecule has 0 aliphatic heterocycles. The van der Waals surface area contributed by atoms with E-state index >= 15 is 0 Å². The van der Waals surface area contributed by atoms with E-state index in [0.717, 1.165) is 5.56 Å². The van der Waals surface area contributed by atoms with Crippen LogP contribution in [-0.2, 0) is 0 Å². The summed E-state index contributed by atoms with van der Waals surface area (Å²) in [6.07, 6.45) is 4.98. The summed E-state index contributed by atoms with van der Waals surface area (Å²) in [5.41, 5.74) is 4.04. The van der Waals surface area contributed by atoms with Gasteiger partial charge in [-0.1, -0.05) is 48.5 Å². The summed E-state index contributed by atoms with van der Waals surface area (Å²) < 4.78 is 0. The maximum absolute atomic E-state index is 12.5. The Labute approximate surface area is 178 Å². The molecule has 0 fully saturated rings. The molecule has 0 unspecified atom stereocenters. The molecule has 0 heterocycles. The molecule has 0 spiro atoms. The molecule has 0 aliphatic carbocycles. The van der Waals surface area contributed by atoms with Gasteiger partial charge in [-0.2, -0.15) is 5.10 Å². The fraction of sp³-hybridized carbons (Fsp3) is 0. The molecule has 8 nitrogen and oxygen atoms in total. The lowest BCUT2D eigenvalue weighted by Gasteiger charge is -2.10. The van der Waals surface area contributed by atoms with Crippen molar-refractivity contribution >= 4 is 35.5 Å². The molecule has 0 bridgehead atoms. The van der Waals surface area contributed by atoms with Crippen LogP contribution in [0.5, 0.6) is 0 Å². The molecule has 8 heteroatoms. The summed E-state index contributed by atoms with van der Waals surface area (Å²) in [4.78, 5) is 35.1. The minimum absolute atomic E-state index is 0.115. The molecule has 0 radical (unpaired) electrons. The van der Waals surface area contributed by atoms with Crippen molar-refractivity contribution in [3.8, 4) is 0 Å². The largest absolute Gasteiger partial charge is 0.321 e. The molecular formula is C23H18N4O4. The fourth-order valence-electron chi connectivity index (χ4n) is 2.64. The highest BCUT2D eigenvalue weighted by atomic mass is 16.6. The number of benzene rings is 3. The zero-order valence-electron chi connectivity index (χ0n) is 16.3. The van der Waals surface area contributed by atoms with Crippen molar-refractivity contribution in [2.45, 2.75) is 0 Å². The average Bonchev–Trinajstić information content (AvgIpc) is 2.79. The van der Waals surface area contributed by atoms with Crippen molar-refractivity contribution in [3.63, 3.8) is 0 Å². The van der Waals surface area contributed by atoms with Crippen LogP contribution in [0.25, 0.3) is 6.08 Å². The summed E-state index contributed by atoms with van der Waals surface area (Å²) in [7, 11) is 0. The van der Waals surface area contributed by atoms with E-state index in [9.17, 15) is 19.7 Å². The van der Waals surface area contributed by atoms with Gasteiger partial charge >= 0.3 is 0 Å². The number of nitrogens with one attached hydrogen (secondary N) is 2. The topological polar surface area (TPSA) is 114 Å². The number of allylic oxidation sites excluding steroid dienone is 1. The van der Waals surface area contributed by atoms with Gasteiger partial charge in [0.2, 0.25) is 0 Å². The monoisotopic (exact) mass is 414 g/mol. The Morgan fingerprint density at radius 1 is 0.871 bits per heavy atom. The first-order valence-electron chi connectivity index (χ1n) is 9.24. The lowest BCUT2D eigenvalue weighted by atomic mass is 10.1. The molecular weight excluding hydrogens is 396 g/mol. The highest BCUT2D eigenvalue weighted by Crippen LogP contribution is 2.18. The van der Waals surface area contributed by atoms with Crippen LogP contribution in [0.3, 0.4) is 0 Å². The third kappa shape index (κ3) is 5.94. The van der Waals surface area contributed by atoms with Crippen molar-refractivity contribution in [2.24, 2.45) is 5.10 Å². The van der Waals surface area contributed by atoms with E-state index in [0.29, 0.717) is 5.69 Å². The Bertz CT molecular complexity index is 1140. The van der Waals surface area contributed by atoms with Gasteiger partial charge in [0, 0.05) is 23.9 Å². The van der Waals surface area contributed by atoms with Crippen LogP contribution in [0, 0.1) is 10.1 Å². The van der Waals surface area contributed by atoms with Crippen LogP contribution >= 0.6 is 0 Å². The van der Waals surface area contributed by atoms with Gasteiger partial charge in [0.15, 0.2) is 0 Å². The number of non-ortho nitro benzene ring substituents is 1. The second-order valence-corrected chi connectivity index (χ2v) is 6.29. The van der Waals surface area contributed by atoms with Crippen LogP contribution in [0.15, 0.2) is 90.0 Å². The van der Waals surface area contributed by atoms with Gasteiger partial charge in [-0.15, -0.1) is 0 Å². The molecule has 2 amide bonds. The van der Waals surface area contributed by atoms with Crippen molar-refractivity contribution < 1.29 is 14.5 Å². The molecule has 31 heavy (non-hydrogen) atoms. The number of hydrogen-bond acceptors (Lipinski definition) is 5. The van der Waals surface area contributed by atoms with Gasteiger partial charge in [-0.05, 0) is 35.9 Å². The Morgan fingerprint density at radius 2 is 1.55 bits per heavy atom.